The van der Waals surface area contributed by atoms with Crippen molar-refractivity contribution in [2.24, 2.45) is 0 Å². The van der Waals surface area contributed by atoms with E-state index in [0.29, 0.717) is 12.4 Å². The zero-order chi connectivity index (χ0) is 19.0. The first-order chi connectivity index (χ1) is 12.9. The average Bonchev–Trinajstić information content (AvgIpc) is 2.83. The quantitative estimate of drug-likeness (QED) is 0.529. The second-order valence-corrected chi connectivity index (χ2v) is 7.41. The van der Waals surface area contributed by atoms with Crippen LogP contribution < -0.4 is 5.32 Å². The maximum atomic E-state index is 13.6. The van der Waals surface area contributed by atoms with Gasteiger partial charge in [-0.05, 0) is 43.5 Å². The molecule has 0 spiro atoms. The summed E-state index contributed by atoms with van der Waals surface area (Å²) in [5.41, 5.74) is 1.93. The van der Waals surface area contributed by atoms with Gasteiger partial charge in [0.05, 0.1) is 16.9 Å². The molecule has 140 valence electrons. The minimum atomic E-state index is -4.45. The molecule has 1 aliphatic rings. The Balaban J connectivity index is 1.94. The van der Waals surface area contributed by atoms with Gasteiger partial charge in [0, 0.05) is 22.1 Å². The molecule has 0 atom stereocenters. The molecule has 0 saturated carbocycles. The summed E-state index contributed by atoms with van der Waals surface area (Å²) < 4.78 is 43.0. The first-order valence-electron chi connectivity index (χ1n) is 8.73. The highest BCUT2D eigenvalue weighted by molar-refractivity contribution is 9.10. The van der Waals surface area contributed by atoms with E-state index >= 15 is 0 Å². The number of nitrogens with zero attached hydrogens (tertiary/aromatic N) is 2. The second kappa shape index (κ2) is 7.03. The van der Waals surface area contributed by atoms with Crippen LogP contribution in [-0.4, -0.2) is 16.3 Å². The van der Waals surface area contributed by atoms with E-state index in [4.69, 9.17) is 0 Å². The van der Waals surface area contributed by atoms with Crippen LogP contribution in [0, 0.1) is 0 Å². The molecular formula is C20H17BrF3N3. The number of hydrogen-bond donors (Lipinski definition) is 1. The number of benzene rings is 2. The number of hydrogen-bond acceptors (Lipinski definition) is 2. The molecule has 1 aromatic heterocycles. The van der Waals surface area contributed by atoms with E-state index < -0.39 is 11.7 Å². The number of anilines is 1. The molecular weight excluding hydrogens is 419 g/mol. The average molecular weight is 436 g/mol. The molecule has 7 heteroatoms. The molecule has 1 N–H and O–H groups in total. The molecule has 0 amide bonds. The number of alkyl halides is 3. The van der Waals surface area contributed by atoms with Crippen molar-refractivity contribution in [3.05, 3.63) is 64.1 Å². The van der Waals surface area contributed by atoms with Crippen LogP contribution in [-0.2, 0) is 12.6 Å². The normalized spacial score (nSPS) is 14.4. The summed E-state index contributed by atoms with van der Waals surface area (Å²) in [4.78, 5) is 0. The summed E-state index contributed by atoms with van der Waals surface area (Å²) >= 11 is 3.42. The standard InChI is InChI=1S/C20H17BrF3N3/c21-14-10-8-13(9-11-14)18-15-5-3-4-12-25-19(15)27(26-18)17-7-2-1-6-16(17)20(22,23)24/h1-2,6-11,25H,3-5,12H2. The largest absolute Gasteiger partial charge is 0.418 e. The molecule has 2 aromatic carbocycles. The fourth-order valence-corrected chi connectivity index (χ4v) is 3.68. The third-order valence-corrected chi connectivity index (χ3v) is 5.21. The topological polar surface area (TPSA) is 29.9 Å². The van der Waals surface area contributed by atoms with Crippen LogP contribution in [0.15, 0.2) is 53.0 Å². The highest BCUT2D eigenvalue weighted by Crippen LogP contribution is 2.38. The van der Waals surface area contributed by atoms with Crippen molar-refractivity contribution in [2.45, 2.75) is 25.4 Å². The second-order valence-electron chi connectivity index (χ2n) is 6.49. The van der Waals surface area contributed by atoms with E-state index in [0.717, 1.165) is 46.6 Å². The number of halogens is 4. The van der Waals surface area contributed by atoms with E-state index in [1.54, 1.807) is 6.07 Å². The van der Waals surface area contributed by atoms with Crippen molar-refractivity contribution < 1.29 is 13.2 Å². The van der Waals surface area contributed by atoms with Crippen molar-refractivity contribution in [1.82, 2.24) is 9.78 Å². The van der Waals surface area contributed by atoms with Crippen molar-refractivity contribution in [3.8, 4) is 16.9 Å². The number of nitrogens with one attached hydrogen (secondary N) is 1. The Morgan fingerprint density at radius 3 is 2.48 bits per heavy atom. The van der Waals surface area contributed by atoms with E-state index in [1.165, 1.54) is 16.8 Å². The van der Waals surface area contributed by atoms with Crippen LogP contribution in [0.3, 0.4) is 0 Å². The summed E-state index contributed by atoms with van der Waals surface area (Å²) in [6.07, 6.45) is -1.73. The minimum Gasteiger partial charge on any atom is -0.370 e. The maximum Gasteiger partial charge on any atom is 0.418 e. The van der Waals surface area contributed by atoms with E-state index in [-0.39, 0.29) is 5.69 Å². The number of para-hydroxylation sites is 1. The highest BCUT2D eigenvalue weighted by Gasteiger charge is 2.35. The molecule has 3 nitrogen and oxygen atoms in total. The Labute approximate surface area is 163 Å². The summed E-state index contributed by atoms with van der Waals surface area (Å²) in [5.74, 6) is 0.655. The lowest BCUT2D eigenvalue weighted by atomic mass is 10.0. The van der Waals surface area contributed by atoms with Crippen molar-refractivity contribution in [3.63, 3.8) is 0 Å². The fourth-order valence-electron chi connectivity index (χ4n) is 3.41. The fraction of sp³-hybridized carbons (Fsp3) is 0.250. The van der Waals surface area contributed by atoms with Gasteiger partial charge in [0.2, 0.25) is 0 Å². The molecule has 0 fully saturated rings. The Bertz CT molecular complexity index is 962. The summed E-state index contributed by atoms with van der Waals surface area (Å²) in [6, 6.07) is 13.2. The lowest BCUT2D eigenvalue weighted by Gasteiger charge is -2.15. The predicted molar refractivity (Wildman–Crippen MR) is 103 cm³/mol. The van der Waals surface area contributed by atoms with Gasteiger partial charge in [-0.1, -0.05) is 40.2 Å². The summed E-state index contributed by atoms with van der Waals surface area (Å²) in [6.45, 7) is 0.715. The first kappa shape index (κ1) is 18.1. The molecule has 0 saturated heterocycles. The van der Waals surface area contributed by atoms with Gasteiger partial charge in [-0.2, -0.15) is 18.3 Å². The van der Waals surface area contributed by atoms with Crippen LogP contribution in [0.2, 0.25) is 0 Å². The molecule has 2 heterocycles. The van der Waals surface area contributed by atoms with Crippen LogP contribution in [0.5, 0.6) is 0 Å². The van der Waals surface area contributed by atoms with Gasteiger partial charge in [0.25, 0.3) is 0 Å². The lowest BCUT2D eigenvalue weighted by molar-refractivity contribution is -0.137. The van der Waals surface area contributed by atoms with Crippen molar-refractivity contribution in [2.75, 3.05) is 11.9 Å². The molecule has 0 aliphatic carbocycles. The minimum absolute atomic E-state index is 0.0408. The van der Waals surface area contributed by atoms with Crippen LogP contribution in [0.25, 0.3) is 16.9 Å². The molecule has 4 rings (SSSR count). The van der Waals surface area contributed by atoms with Crippen LogP contribution >= 0.6 is 15.9 Å². The van der Waals surface area contributed by atoms with Gasteiger partial charge < -0.3 is 5.32 Å². The van der Waals surface area contributed by atoms with Crippen molar-refractivity contribution >= 4 is 21.7 Å². The van der Waals surface area contributed by atoms with Gasteiger partial charge in [-0.3, -0.25) is 0 Å². The summed E-state index contributed by atoms with van der Waals surface area (Å²) in [7, 11) is 0. The molecule has 0 bridgehead atoms. The first-order valence-corrected chi connectivity index (χ1v) is 9.53. The SMILES string of the molecule is FC(F)(F)c1ccccc1-n1nc(-c2ccc(Br)cc2)c2c1NCCCC2. The van der Waals surface area contributed by atoms with Crippen LogP contribution in [0.4, 0.5) is 19.0 Å². The smallest absolute Gasteiger partial charge is 0.370 e. The van der Waals surface area contributed by atoms with E-state index in [1.807, 2.05) is 24.3 Å². The third-order valence-electron chi connectivity index (χ3n) is 4.68. The lowest BCUT2D eigenvalue weighted by Crippen LogP contribution is -2.14. The molecule has 27 heavy (non-hydrogen) atoms. The number of aromatic nitrogens is 2. The van der Waals surface area contributed by atoms with Gasteiger partial charge in [-0.25, -0.2) is 4.68 Å². The molecule has 0 radical (unpaired) electrons. The Hall–Kier alpha value is -2.28. The molecule has 1 aliphatic heterocycles. The maximum absolute atomic E-state index is 13.6. The van der Waals surface area contributed by atoms with Gasteiger partial charge >= 0.3 is 6.18 Å². The van der Waals surface area contributed by atoms with Gasteiger partial charge in [-0.15, -0.1) is 0 Å². The number of rotatable bonds is 2. The van der Waals surface area contributed by atoms with E-state index in [9.17, 15) is 13.2 Å². The highest BCUT2D eigenvalue weighted by atomic mass is 79.9. The molecule has 0 unspecified atom stereocenters. The van der Waals surface area contributed by atoms with Gasteiger partial charge in [0.1, 0.15) is 5.82 Å². The predicted octanol–water partition coefficient (Wildman–Crippen LogP) is 6.07. The zero-order valence-corrected chi connectivity index (χ0v) is 15.9. The third kappa shape index (κ3) is 3.48. The summed E-state index contributed by atoms with van der Waals surface area (Å²) in [5, 5.41) is 7.91. The Morgan fingerprint density at radius 1 is 1.00 bits per heavy atom. The van der Waals surface area contributed by atoms with Crippen molar-refractivity contribution in [1.29, 1.82) is 0 Å². The zero-order valence-electron chi connectivity index (χ0n) is 14.4. The Morgan fingerprint density at radius 2 is 1.74 bits per heavy atom. The monoisotopic (exact) mass is 435 g/mol. The van der Waals surface area contributed by atoms with E-state index in [2.05, 4.69) is 26.3 Å². The number of fused-ring (bicyclic) bond motifs is 1. The van der Waals surface area contributed by atoms with Gasteiger partial charge in [0.15, 0.2) is 0 Å². The molecule has 3 aromatic rings. The Kier molecular flexibility index (Phi) is 4.72. The van der Waals surface area contributed by atoms with Crippen LogP contribution in [0.1, 0.15) is 24.0 Å².